The number of hydrogen-bond donors (Lipinski definition) is 9. The summed E-state index contributed by atoms with van der Waals surface area (Å²) in [6.45, 7) is -0.718. The second-order valence-electron chi connectivity index (χ2n) is 7.22. The molecule has 0 amide bonds. The van der Waals surface area contributed by atoms with Gasteiger partial charge in [0, 0.05) is 6.07 Å². The Balaban J connectivity index is 1.88. The van der Waals surface area contributed by atoms with Crippen LogP contribution in [-0.4, -0.2) is 83.3 Å². The van der Waals surface area contributed by atoms with Crippen molar-refractivity contribution in [3.05, 3.63) is 47.5 Å². The van der Waals surface area contributed by atoms with E-state index in [9.17, 15) is 46.0 Å². The van der Waals surface area contributed by atoms with Gasteiger partial charge in [0.15, 0.2) is 11.5 Å². The first kappa shape index (κ1) is 23.6. The Kier molecular flexibility index (Phi) is 7.09. The van der Waals surface area contributed by atoms with Crippen LogP contribution in [0.4, 0.5) is 0 Å². The normalized spacial score (nSPS) is 26.8. The topological polar surface area (TPSA) is 201 Å². The lowest BCUT2D eigenvalue weighted by atomic mass is 9.99. The van der Waals surface area contributed by atoms with Gasteiger partial charge in [-0.15, -0.1) is 0 Å². The number of aromatic hydroxyl groups is 4. The smallest absolute Gasteiger partial charge is 0.229 e. The molecule has 0 aromatic heterocycles. The van der Waals surface area contributed by atoms with Crippen molar-refractivity contribution >= 4 is 6.08 Å². The minimum absolute atomic E-state index is 0.0477. The Morgan fingerprint density at radius 3 is 2.22 bits per heavy atom. The standard InChI is InChI=1S/C21H24O11/c22-8-14-16(27)18(29)19(30)21(31-14)32-20-13(26)7-12(25)15(17(20)28)11(24)6-3-9-1-4-10(23)5-2-9/h1-7,11,14,16,18-19,21-30H,8H2. The first-order chi connectivity index (χ1) is 15.1. The van der Waals surface area contributed by atoms with Crippen molar-refractivity contribution in [1.82, 2.24) is 0 Å². The van der Waals surface area contributed by atoms with E-state index < -0.39 is 72.0 Å². The molecule has 0 spiro atoms. The molecule has 32 heavy (non-hydrogen) atoms. The predicted octanol–water partition coefficient (Wildman–Crippen LogP) is -0.566. The van der Waals surface area contributed by atoms with E-state index >= 15 is 0 Å². The van der Waals surface area contributed by atoms with Crippen LogP contribution < -0.4 is 4.74 Å². The Morgan fingerprint density at radius 2 is 1.59 bits per heavy atom. The summed E-state index contributed by atoms with van der Waals surface area (Å²) in [6, 6.07) is 6.75. The molecule has 6 atom stereocenters. The van der Waals surface area contributed by atoms with Crippen molar-refractivity contribution in [3.8, 4) is 28.7 Å². The fourth-order valence-electron chi connectivity index (χ4n) is 3.21. The summed E-state index contributed by atoms with van der Waals surface area (Å²) >= 11 is 0. The zero-order valence-electron chi connectivity index (χ0n) is 16.6. The van der Waals surface area contributed by atoms with Gasteiger partial charge in [0.2, 0.25) is 12.0 Å². The Morgan fingerprint density at radius 1 is 0.938 bits per heavy atom. The van der Waals surface area contributed by atoms with Crippen molar-refractivity contribution in [3.63, 3.8) is 0 Å². The fraction of sp³-hybridized carbons (Fsp3) is 0.333. The number of aliphatic hydroxyl groups excluding tert-OH is 5. The highest BCUT2D eigenvalue weighted by Gasteiger charge is 2.45. The molecule has 11 nitrogen and oxygen atoms in total. The Labute approximate surface area is 181 Å². The Hall–Kier alpha value is -3.06. The monoisotopic (exact) mass is 452 g/mol. The minimum atomic E-state index is -1.82. The maximum absolute atomic E-state index is 10.5. The summed E-state index contributed by atoms with van der Waals surface area (Å²) in [5.74, 6) is -2.94. The van der Waals surface area contributed by atoms with E-state index in [1.807, 2.05) is 0 Å². The minimum Gasteiger partial charge on any atom is -0.508 e. The quantitative estimate of drug-likeness (QED) is 0.272. The highest BCUT2D eigenvalue weighted by Crippen LogP contribution is 2.47. The molecule has 3 rings (SSSR count). The first-order valence-electron chi connectivity index (χ1n) is 9.54. The van der Waals surface area contributed by atoms with Crippen molar-refractivity contribution in [2.75, 3.05) is 6.61 Å². The summed E-state index contributed by atoms with van der Waals surface area (Å²) in [7, 11) is 0. The molecule has 0 saturated carbocycles. The highest BCUT2D eigenvalue weighted by molar-refractivity contribution is 5.62. The van der Waals surface area contributed by atoms with E-state index in [1.165, 1.54) is 24.3 Å². The lowest BCUT2D eigenvalue weighted by Crippen LogP contribution is -2.60. The van der Waals surface area contributed by atoms with Crippen LogP contribution in [0.2, 0.25) is 0 Å². The molecule has 1 aliphatic heterocycles. The third kappa shape index (κ3) is 4.72. The van der Waals surface area contributed by atoms with E-state index in [1.54, 1.807) is 12.1 Å². The SMILES string of the molecule is OCC1OC(Oc2c(O)cc(O)c(C(O)C=Cc3ccc(O)cc3)c2O)C(O)C(O)C1O. The van der Waals surface area contributed by atoms with Gasteiger partial charge in [-0.2, -0.15) is 0 Å². The fourth-order valence-corrected chi connectivity index (χ4v) is 3.21. The second kappa shape index (κ2) is 9.61. The Bertz CT molecular complexity index is 957. The van der Waals surface area contributed by atoms with Gasteiger partial charge in [-0.3, -0.25) is 0 Å². The van der Waals surface area contributed by atoms with E-state index in [4.69, 9.17) is 9.47 Å². The zero-order valence-corrected chi connectivity index (χ0v) is 16.6. The third-order valence-corrected chi connectivity index (χ3v) is 4.99. The van der Waals surface area contributed by atoms with Crippen LogP contribution in [0.15, 0.2) is 36.4 Å². The van der Waals surface area contributed by atoms with Crippen molar-refractivity contribution in [1.29, 1.82) is 0 Å². The van der Waals surface area contributed by atoms with E-state index in [-0.39, 0.29) is 5.75 Å². The van der Waals surface area contributed by atoms with Gasteiger partial charge < -0.3 is 55.4 Å². The highest BCUT2D eigenvalue weighted by atomic mass is 16.7. The summed E-state index contributed by atoms with van der Waals surface area (Å²) in [5.41, 5.74) is 0.162. The van der Waals surface area contributed by atoms with Gasteiger partial charge in [0.1, 0.15) is 42.0 Å². The van der Waals surface area contributed by atoms with Gasteiger partial charge in [0.05, 0.1) is 12.2 Å². The molecular weight excluding hydrogens is 428 g/mol. The van der Waals surface area contributed by atoms with Crippen molar-refractivity contribution in [2.24, 2.45) is 0 Å². The zero-order chi connectivity index (χ0) is 23.6. The third-order valence-electron chi connectivity index (χ3n) is 4.99. The lowest BCUT2D eigenvalue weighted by molar-refractivity contribution is -0.277. The molecule has 0 radical (unpaired) electrons. The van der Waals surface area contributed by atoms with E-state index in [2.05, 4.69) is 0 Å². The number of phenols is 4. The molecule has 2 aromatic carbocycles. The van der Waals surface area contributed by atoms with E-state index in [0.29, 0.717) is 5.56 Å². The average molecular weight is 452 g/mol. The molecule has 0 bridgehead atoms. The second-order valence-corrected chi connectivity index (χ2v) is 7.22. The van der Waals surface area contributed by atoms with Crippen LogP contribution in [0.3, 0.4) is 0 Å². The van der Waals surface area contributed by atoms with E-state index in [0.717, 1.165) is 6.07 Å². The molecule has 1 fully saturated rings. The maximum atomic E-state index is 10.5. The van der Waals surface area contributed by atoms with Gasteiger partial charge in [0.25, 0.3) is 0 Å². The molecule has 1 saturated heterocycles. The molecule has 1 aliphatic rings. The number of hydrogen-bond acceptors (Lipinski definition) is 11. The summed E-state index contributed by atoms with van der Waals surface area (Å²) in [6.07, 6.45) is -7.12. The summed E-state index contributed by atoms with van der Waals surface area (Å²) < 4.78 is 10.4. The molecular formula is C21H24O11. The van der Waals surface area contributed by atoms with Crippen LogP contribution in [0.5, 0.6) is 28.7 Å². The van der Waals surface area contributed by atoms with Gasteiger partial charge in [-0.1, -0.05) is 24.3 Å². The van der Waals surface area contributed by atoms with Crippen LogP contribution >= 0.6 is 0 Å². The lowest BCUT2D eigenvalue weighted by Gasteiger charge is -2.39. The number of phenolic OH excluding ortho intramolecular Hbond substituents is 4. The van der Waals surface area contributed by atoms with Crippen LogP contribution in [0, 0.1) is 0 Å². The largest absolute Gasteiger partial charge is 0.508 e. The maximum Gasteiger partial charge on any atom is 0.229 e. The molecule has 6 unspecified atom stereocenters. The number of rotatable bonds is 6. The number of ether oxygens (including phenoxy) is 2. The van der Waals surface area contributed by atoms with Crippen molar-refractivity contribution in [2.45, 2.75) is 36.8 Å². The molecule has 1 heterocycles. The first-order valence-corrected chi connectivity index (χ1v) is 9.54. The molecule has 2 aromatic rings. The molecule has 11 heteroatoms. The molecule has 9 N–H and O–H groups in total. The molecule has 0 aliphatic carbocycles. The number of aliphatic hydroxyl groups is 5. The van der Waals surface area contributed by atoms with Crippen LogP contribution in [0.25, 0.3) is 6.08 Å². The van der Waals surface area contributed by atoms with Crippen LogP contribution in [0.1, 0.15) is 17.2 Å². The van der Waals surface area contributed by atoms with Gasteiger partial charge in [-0.05, 0) is 17.7 Å². The predicted molar refractivity (Wildman–Crippen MR) is 108 cm³/mol. The van der Waals surface area contributed by atoms with Crippen molar-refractivity contribution < 1.29 is 55.4 Å². The van der Waals surface area contributed by atoms with Crippen LogP contribution in [-0.2, 0) is 4.74 Å². The van der Waals surface area contributed by atoms with Gasteiger partial charge in [-0.25, -0.2) is 0 Å². The summed E-state index contributed by atoms with van der Waals surface area (Å²) in [4.78, 5) is 0. The summed E-state index contributed by atoms with van der Waals surface area (Å²) in [5, 5.41) is 89.6. The number of benzene rings is 2. The van der Waals surface area contributed by atoms with Gasteiger partial charge >= 0.3 is 0 Å². The average Bonchev–Trinajstić information content (AvgIpc) is 2.75. The molecule has 174 valence electrons.